The molecule has 114 valence electrons. The monoisotopic (exact) mass is 346 g/mol. The lowest BCUT2D eigenvalue weighted by molar-refractivity contribution is 0.597. The summed E-state index contributed by atoms with van der Waals surface area (Å²) in [5, 5.41) is 9.29. The van der Waals surface area contributed by atoms with Crippen LogP contribution in [0.3, 0.4) is 0 Å². The average Bonchev–Trinajstić information content (AvgIpc) is 2.67. The van der Waals surface area contributed by atoms with Crippen molar-refractivity contribution in [2.45, 2.75) is 25.2 Å². The van der Waals surface area contributed by atoms with Gasteiger partial charge in [0.25, 0.3) is 0 Å². The van der Waals surface area contributed by atoms with Gasteiger partial charge in [0.2, 0.25) is 10.0 Å². The second kappa shape index (κ2) is 6.27. The number of nitrogens with two attached hydrogens (primary N) is 1. The van der Waals surface area contributed by atoms with Gasteiger partial charge in [0.15, 0.2) is 0 Å². The Hall–Kier alpha value is -1.22. The molecular formula is C12H15ClN4O2S2. The Morgan fingerprint density at radius 3 is 2.62 bits per heavy atom. The number of hydrogen-bond acceptors (Lipinski definition) is 6. The van der Waals surface area contributed by atoms with Gasteiger partial charge in [-0.2, -0.15) is 0 Å². The largest absolute Gasteiger partial charge is 0.368 e. The fourth-order valence-electron chi connectivity index (χ4n) is 1.71. The summed E-state index contributed by atoms with van der Waals surface area (Å²) in [5.41, 5.74) is 1.01. The molecule has 0 amide bonds. The van der Waals surface area contributed by atoms with Gasteiger partial charge in [-0.3, -0.25) is 0 Å². The van der Waals surface area contributed by atoms with Crippen molar-refractivity contribution in [1.82, 2.24) is 9.97 Å². The maximum atomic E-state index is 11.5. The third kappa shape index (κ3) is 4.13. The van der Waals surface area contributed by atoms with Crippen molar-refractivity contribution in [3.63, 3.8) is 0 Å². The molecule has 0 unspecified atom stereocenters. The van der Waals surface area contributed by atoms with Crippen LogP contribution in [0.2, 0.25) is 5.15 Å². The maximum absolute atomic E-state index is 11.5. The number of sulfonamides is 1. The van der Waals surface area contributed by atoms with Gasteiger partial charge in [0.05, 0.1) is 10.7 Å². The number of hydrogen-bond donors (Lipinski definition) is 2. The zero-order valence-electron chi connectivity index (χ0n) is 11.6. The third-order valence-corrected chi connectivity index (χ3v) is 5.12. The Balaban J connectivity index is 2.11. The molecule has 21 heavy (non-hydrogen) atoms. The summed E-state index contributed by atoms with van der Waals surface area (Å²) in [5.74, 6) is 0.162. The summed E-state index contributed by atoms with van der Waals surface area (Å²) in [7, 11) is -3.84. The summed E-state index contributed by atoms with van der Waals surface area (Å²) in [6.07, 6.45) is 0.664. The number of aryl methyl sites for hydroxylation is 2. The number of nitrogens with zero attached hydrogens (tertiary/aromatic N) is 2. The van der Waals surface area contributed by atoms with Gasteiger partial charge in [-0.05, 0) is 26.0 Å². The van der Waals surface area contributed by atoms with Crippen LogP contribution in [0.25, 0.3) is 0 Å². The van der Waals surface area contributed by atoms with Crippen molar-refractivity contribution in [3.05, 3.63) is 32.9 Å². The highest BCUT2D eigenvalue weighted by molar-refractivity contribution is 7.89. The molecule has 0 aliphatic carbocycles. The fourth-order valence-corrected chi connectivity index (χ4v) is 3.44. The molecule has 0 aliphatic rings. The van der Waals surface area contributed by atoms with Gasteiger partial charge in [-0.25, -0.2) is 23.5 Å². The SMILES string of the molecule is Cc1nc(CCNc2nc(Cl)ccc2S(N)(=O)=O)sc1C. The van der Waals surface area contributed by atoms with Crippen molar-refractivity contribution < 1.29 is 8.42 Å². The molecule has 2 aromatic rings. The molecule has 0 aromatic carbocycles. The molecule has 2 heterocycles. The Labute approximate surface area is 132 Å². The van der Waals surface area contributed by atoms with Gasteiger partial charge in [0.1, 0.15) is 15.9 Å². The van der Waals surface area contributed by atoms with Crippen LogP contribution in [0.4, 0.5) is 5.82 Å². The van der Waals surface area contributed by atoms with Gasteiger partial charge >= 0.3 is 0 Å². The van der Waals surface area contributed by atoms with E-state index in [4.69, 9.17) is 16.7 Å². The molecule has 2 rings (SSSR count). The Bertz CT molecular complexity index is 739. The molecule has 0 fully saturated rings. The fraction of sp³-hybridized carbons (Fsp3) is 0.333. The second-order valence-electron chi connectivity index (χ2n) is 4.45. The standard InChI is InChI=1S/C12H15ClN4O2S2/c1-7-8(2)20-11(16-7)5-6-15-12-9(21(14,18)19)3-4-10(13)17-12/h3-4H,5-6H2,1-2H3,(H,15,17)(H2,14,18,19). The van der Waals surface area contributed by atoms with Crippen LogP contribution in [-0.2, 0) is 16.4 Å². The lowest BCUT2D eigenvalue weighted by atomic mass is 10.4. The van der Waals surface area contributed by atoms with E-state index in [0.717, 1.165) is 10.7 Å². The van der Waals surface area contributed by atoms with Crippen LogP contribution >= 0.6 is 22.9 Å². The second-order valence-corrected chi connectivity index (χ2v) is 7.66. The maximum Gasteiger partial charge on any atom is 0.241 e. The first-order chi connectivity index (χ1) is 9.77. The highest BCUT2D eigenvalue weighted by Gasteiger charge is 2.15. The highest BCUT2D eigenvalue weighted by atomic mass is 35.5. The van der Waals surface area contributed by atoms with Crippen LogP contribution < -0.4 is 10.5 Å². The van der Waals surface area contributed by atoms with E-state index in [0.29, 0.717) is 13.0 Å². The van der Waals surface area contributed by atoms with Crippen LogP contribution in [-0.4, -0.2) is 24.9 Å². The molecule has 3 N–H and O–H groups in total. The molecule has 2 aromatic heterocycles. The molecule has 6 nitrogen and oxygen atoms in total. The Morgan fingerprint density at radius 1 is 1.33 bits per heavy atom. The number of rotatable bonds is 5. The van der Waals surface area contributed by atoms with Gasteiger partial charge in [-0.15, -0.1) is 11.3 Å². The Morgan fingerprint density at radius 2 is 2.05 bits per heavy atom. The van der Waals surface area contributed by atoms with Crippen molar-refractivity contribution in [1.29, 1.82) is 0 Å². The minimum absolute atomic E-state index is 0.0709. The van der Waals surface area contributed by atoms with E-state index in [2.05, 4.69) is 15.3 Å². The number of aromatic nitrogens is 2. The third-order valence-electron chi connectivity index (χ3n) is 2.83. The van der Waals surface area contributed by atoms with Gasteiger partial charge in [0, 0.05) is 17.8 Å². The predicted octanol–water partition coefficient (Wildman–Crippen LogP) is 2.11. The topological polar surface area (TPSA) is 98.0 Å². The molecule has 0 bridgehead atoms. The van der Waals surface area contributed by atoms with E-state index in [1.165, 1.54) is 17.0 Å². The number of thiazole rings is 1. The normalized spacial score (nSPS) is 11.6. The highest BCUT2D eigenvalue weighted by Crippen LogP contribution is 2.21. The lowest BCUT2D eigenvalue weighted by Crippen LogP contribution is -2.17. The summed E-state index contributed by atoms with van der Waals surface area (Å²) < 4.78 is 23.0. The molecule has 9 heteroatoms. The smallest absolute Gasteiger partial charge is 0.241 e. The van der Waals surface area contributed by atoms with Crippen molar-refractivity contribution in [2.24, 2.45) is 5.14 Å². The number of primary sulfonamides is 1. The first kappa shape index (κ1) is 16.2. The molecule has 0 radical (unpaired) electrons. The van der Waals surface area contributed by atoms with Crippen molar-refractivity contribution >= 4 is 38.8 Å². The Kier molecular flexibility index (Phi) is 4.82. The first-order valence-corrected chi connectivity index (χ1v) is 8.87. The summed E-state index contributed by atoms with van der Waals surface area (Å²) in [6, 6.07) is 2.73. The minimum Gasteiger partial charge on any atom is -0.368 e. The zero-order valence-corrected chi connectivity index (χ0v) is 13.9. The van der Waals surface area contributed by atoms with Crippen LogP contribution in [0.15, 0.2) is 17.0 Å². The number of halogens is 1. The van der Waals surface area contributed by atoms with Crippen molar-refractivity contribution in [2.75, 3.05) is 11.9 Å². The molecule has 0 spiro atoms. The van der Waals surface area contributed by atoms with E-state index in [9.17, 15) is 8.42 Å². The van der Waals surface area contributed by atoms with Gasteiger partial charge < -0.3 is 5.32 Å². The van der Waals surface area contributed by atoms with Crippen LogP contribution in [0.5, 0.6) is 0 Å². The van der Waals surface area contributed by atoms with E-state index >= 15 is 0 Å². The van der Waals surface area contributed by atoms with Crippen LogP contribution in [0, 0.1) is 13.8 Å². The van der Waals surface area contributed by atoms with E-state index in [-0.39, 0.29) is 15.9 Å². The van der Waals surface area contributed by atoms with E-state index in [1.807, 2.05) is 13.8 Å². The summed E-state index contributed by atoms with van der Waals surface area (Å²) in [4.78, 5) is 9.50. The predicted molar refractivity (Wildman–Crippen MR) is 84.4 cm³/mol. The number of anilines is 1. The minimum atomic E-state index is -3.84. The molecule has 0 atom stereocenters. The zero-order chi connectivity index (χ0) is 15.6. The number of nitrogens with one attached hydrogen (secondary N) is 1. The molecule has 0 aliphatic heterocycles. The number of pyridine rings is 1. The molecular weight excluding hydrogens is 332 g/mol. The molecule has 0 saturated carbocycles. The lowest BCUT2D eigenvalue weighted by Gasteiger charge is -2.09. The van der Waals surface area contributed by atoms with E-state index in [1.54, 1.807) is 11.3 Å². The van der Waals surface area contributed by atoms with Crippen molar-refractivity contribution in [3.8, 4) is 0 Å². The summed E-state index contributed by atoms with van der Waals surface area (Å²) >= 11 is 7.41. The van der Waals surface area contributed by atoms with Gasteiger partial charge in [-0.1, -0.05) is 11.6 Å². The summed E-state index contributed by atoms with van der Waals surface area (Å²) in [6.45, 7) is 4.46. The van der Waals surface area contributed by atoms with Crippen LogP contribution in [0.1, 0.15) is 15.6 Å². The molecule has 0 saturated heterocycles. The average molecular weight is 347 g/mol. The first-order valence-electron chi connectivity index (χ1n) is 6.13. The van der Waals surface area contributed by atoms with E-state index < -0.39 is 10.0 Å². The quantitative estimate of drug-likeness (QED) is 0.808.